The number of carbonyl (C=O) groups is 3. The van der Waals surface area contributed by atoms with Crippen LogP contribution in [0.15, 0.2) is 52.5 Å². The van der Waals surface area contributed by atoms with Gasteiger partial charge in [-0.1, -0.05) is 11.6 Å². The number of hydrogen-bond acceptors (Lipinski definition) is 6. The number of carbonyl (C=O) groups excluding carboxylic acids is 3. The molecule has 0 aliphatic carbocycles. The van der Waals surface area contributed by atoms with Crippen molar-refractivity contribution in [3.05, 3.63) is 70.0 Å². The first kappa shape index (κ1) is 21.9. The summed E-state index contributed by atoms with van der Waals surface area (Å²) in [7, 11) is 0. The molecule has 3 N–H and O–H groups in total. The lowest BCUT2D eigenvalue weighted by atomic mass is 10.0. The third-order valence-electron chi connectivity index (χ3n) is 5.19. The highest BCUT2D eigenvalue weighted by molar-refractivity contribution is 7.14. The van der Waals surface area contributed by atoms with Gasteiger partial charge in [0.1, 0.15) is 10.8 Å². The van der Waals surface area contributed by atoms with E-state index in [-0.39, 0.29) is 29.2 Å². The molecular weight excluding hydrogens is 454 g/mol. The standard InChI is InChI=1S/C22H20ClN3O5S/c23-13-3-4-15(17(27)12-13)19(28)25-21-16(7-11-32-21)20(29)24-14-5-8-26(9-6-14)22(30)18-2-1-10-31-18/h1-4,7,10-12,14,27H,5-6,8-9H2,(H,24,29)(H,25,28). The molecule has 3 heterocycles. The summed E-state index contributed by atoms with van der Waals surface area (Å²) in [6.07, 6.45) is 2.69. The van der Waals surface area contributed by atoms with Gasteiger partial charge in [-0.15, -0.1) is 11.3 Å². The van der Waals surface area contributed by atoms with Crippen LogP contribution < -0.4 is 10.6 Å². The van der Waals surface area contributed by atoms with E-state index in [4.69, 9.17) is 16.0 Å². The number of aromatic hydroxyl groups is 1. The van der Waals surface area contributed by atoms with Crippen molar-refractivity contribution < 1.29 is 23.9 Å². The van der Waals surface area contributed by atoms with Gasteiger partial charge in [0.25, 0.3) is 17.7 Å². The van der Waals surface area contributed by atoms with E-state index in [0.717, 1.165) is 0 Å². The number of likely N-dealkylation sites (tertiary alicyclic amines) is 1. The van der Waals surface area contributed by atoms with E-state index in [1.807, 2.05) is 0 Å². The highest BCUT2D eigenvalue weighted by Crippen LogP contribution is 2.27. The van der Waals surface area contributed by atoms with E-state index in [1.165, 1.54) is 35.8 Å². The van der Waals surface area contributed by atoms with Crippen LogP contribution in [-0.4, -0.2) is 46.9 Å². The molecule has 1 saturated heterocycles. The third-order valence-corrected chi connectivity index (χ3v) is 6.26. The molecule has 0 spiro atoms. The molecule has 1 aromatic carbocycles. The fourth-order valence-electron chi connectivity index (χ4n) is 3.50. The molecule has 0 saturated carbocycles. The van der Waals surface area contributed by atoms with Gasteiger partial charge >= 0.3 is 0 Å². The van der Waals surface area contributed by atoms with Gasteiger partial charge in [-0.25, -0.2) is 0 Å². The quantitative estimate of drug-likeness (QED) is 0.518. The number of nitrogens with one attached hydrogen (secondary N) is 2. The molecule has 4 rings (SSSR count). The summed E-state index contributed by atoms with van der Waals surface area (Å²) >= 11 is 7.02. The van der Waals surface area contributed by atoms with Crippen LogP contribution in [0.1, 0.15) is 44.1 Å². The molecule has 10 heteroatoms. The second kappa shape index (κ2) is 9.46. The van der Waals surface area contributed by atoms with Crippen LogP contribution in [0, 0.1) is 0 Å². The highest BCUT2D eigenvalue weighted by atomic mass is 35.5. The second-order valence-electron chi connectivity index (χ2n) is 7.30. The van der Waals surface area contributed by atoms with Crippen LogP contribution in [-0.2, 0) is 0 Å². The molecule has 3 amide bonds. The van der Waals surface area contributed by atoms with Crippen molar-refractivity contribution >= 4 is 45.7 Å². The number of piperidine rings is 1. The van der Waals surface area contributed by atoms with Crippen LogP contribution in [0.4, 0.5) is 5.00 Å². The van der Waals surface area contributed by atoms with E-state index < -0.39 is 5.91 Å². The number of phenols is 1. The fourth-order valence-corrected chi connectivity index (χ4v) is 4.44. The Kier molecular flexibility index (Phi) is 6.48. The maximum Gasteiger partial charge on any atom is 0.289 e. The molecule has 0 atom stereocenters. The summed E-state index contributed by atoms with van der Waals surface area (Å²) in [6.45, 7) is 1.01. The van der Waals surface area contributed by atoms with Crippen LogP contribution in [0.3, 0.4) is 0 Å². The summed E-state index contributed by atoms with van der Waals surface area (Å²) in [5, 5.41) is 18.0. The number of rotatable bonds is 5. The summed E-state index contributed by atoms with van der Waals surface area (Å²) in [4.78, 5) is 39.4. The first-order valence-corrected chi connectivity index (χ1v) is 11.2. The average Bonchev–Trinajstić information content (AvgIpc) is 3.46. The number of anilines is 1. The third kappa shape index (κ3) is 4.79. The van der Waals surface area contributed by atoms with E-state index in [1.54, 1.807) is 28.5 Å². The Morgan fingerprint density at radius 3 is 2.56 bits per heavy atom. The molecule has 3 aromatic rings. The maximum absolute atomic E-state index is 12.8. The Balaban J connectivity index is 1.35. The number of benzene rings is 1. The second-order valence-corrected chi connectivity index (χ2v) is 8.65. The van der Waals surface area contributed by atoms with E-state index in [0.29, 0.717) is 47.3 Å². The topological polar surface area (TPSA) is 112 Å². The zero-order valence-electron chi connectivity index (χ0n) is 16.8. The minimum atomic E-state index is -0.541. The predicted molar refractivity (Wildman–Crippen MR) is 120 cm³/mol. The molecular formula is C22H20ClN3O5S. The molecule has 2 aromatic heterocycles. The molecule has 0 unspecified atom stereocenters. The number of hydrogen-bond donors (Lipinski definition) is 3. The fraction of sp³-hybridized carbons (Fsp3) is 0.227. The van der Waals surface area contributed by atoms with Crippen LogP contribution in [0.25, 0.3) is 0 Å². The molecule has 166 valence electrons. The van der Waals surface area contributed by atoms with Crippen molar-refractivity contribution in [3.63, 3.8) is 0 Å². The van der Waals surface area contributed by atoms with Crippen molar-refractivity contribution in [2.75, 3.05) is 18.4 Å². The first-order chi connectivity index (χ1) is 15.4. The Morgan fingerprint density at radius 1 is 1.09 bits per heavy atom. The first-order valence-electron chi connectivity index (χ1n) is 9.93. The van der Waals surface area contributed by atoms with E-state index >= 15 is 0 Å². The molecule has 0 bridgehead atoms. The number of halogens is 1. The van der Waals surface area contributed by atoms with Gasteiger partial charge in [0.2, 0.25) is 0 Å². The highest BCUT2D eigenvalue weighted by Gasteiger charge is 2.27. The van der Waals surface area contributed by atoms with Gasteiger partial charge in [-0.05, 0) is 54.6 Å². The number of amides is 3. The Morgan fingerprint density at radius 2 is 1.88 bits per heavy atom. The average molecular weight is 474 g/mol. The van der Waals surface area contributed by atoms with Crippen LogP contribution >= 0.6 is 22.9 Å². The number of furan rings is 1. The van der Waals surface area contributed by atoms with Gasteiger partial charge in [0.15, 0.2) is 5.76 Å². The van der Waals surface area contributed by atoms with Crippen molar-refractivity contribution in [1.29, 1.82) is 0 Å². The summed E-state index contributed by atoms with van der Waals surface area (Å²) < 4.78 is 5.16. The lowest BCUT2D eigenvalue weighted by molar-refractivity contribution is 0.0667. The van der Waals surface area contributed by atoms with Gasteiger partial charge < -0.3 is 25.1 Å². The molecule has 0 radical (unpaired) electrons. The SMILES string of the molecule is O=C(Nc1sccc1C(=O)NC1CCN(C(=O)c2ccco2)CC1)c1ccc(Cl)cc1O. The number of phenolic OH excluding ortho intramolecular Hbond substituents is 1. The van der Waals surface area contributed by atoms with Gasteiger partial charge in [-0.3, -0.25) is 14.4 Å². The minimum Gasteiger partial charge on any atom is -0.507 e. The minimum absolute atomic E-state index is 0.0581. The Bertz CT molecular complexity index is 1140. The lowest BCUT2D eigenvalue weighted by Gasteiger charge is -2.31. The van der Waals surface area contributed by atoms with Crippen LogP contribution in [0.2, 0.25) is 5.02 Å². The van der Waals surface area contributed by atoms with Crippen molar-refractivity contribution in [2.24, 2.45) is 0 Å². The van der Waals surface area contributed by atoms with E-state index in [9.17, 15) is 19.5 Å². The van der Waals surface area contributed by atoms with Crippen molar-refractivity contribution in [1.82, 2.24) is 10.2 Å². The molecule has 1 aliphatic rings. The van der Waals surface area contributed by atoms with Gasteiger partial charge in [0.05, 0.1) is 17.4 Å². The van der Waals surface area contributed by atoms with Crippen molar-refractivity contribution in [2.45, 2.75) is 18.9 Å². The molecule has 8 nitrogen and oxygen atoms in total. The lowest BCUT2D eigenvalue weighted by Crippen LogP contribution is -2.46. The molecule has 1 aliphatic heterocycles. The molecule has 32 heavy (non-hydrogen) atoms. The monoisotopic (exact) mass is 473 g/mol. The zero-order valence-corrected chi connectivity index (χ0v) is 18.4. The summed E-state index contributed by atoms with van der Waals surface area (Å²) in [6, 6.07) is 9.04. The molecule has 1 fully saturated rings. The van der Waals surface area contributed by atoms with E-state index in [2.05, 4.69) is 10.6 Å². The van der Waals surface area contributed by atoms with Gasteiger partial charge in [0, 0.05) is 24.2 Å². The number of thiophene rings is 1. The van der Waals surface area contributed by atoms with Gasteiger partial charge in [-0.2, -0.15) is 0 Å². The number of nitrogens with zero attached hydrogens (tertiary/aromatic N) is 1. The smallest absolute Gasteiger partial charge is 0.289 e. The Labute approximate surface area is 192 Å². The summed E-state index contributed by atoms with van der Waals surface area (Å²) in [5.74, 6) is -0.947. The zero-order chi connectivity index (χ0) is 22.7. The van der Waals surface area contributed by atoms with Crippen molar-refractivity contribution in [3.8, 4) is 5.75 Å². The largest absolute Gasteiger partial charge is 0.507 e. The maximum atomic E-state index is 12.8. The predicted octanol–water partition coefficient (Wildman–Crippen LogP) is 3.99. The Hall–Kier alpha value is -3.30. The normalized spacial score (nSPS) is 14.2. The summed E-state index contributed by atoms with van der Waals surface area (Å²) in [5.41, 5.74) is 0.397. The van der Waals surface area contributed by atoms with Crippen LogP contribution in [0.5, 0.6) is 5.75 Å².